The molecule has 6 heteroatoms. The monoisotopic (exact) mass is 232 g/mol. The quantitative estimate of drug-likeness (QED) is 0.740. The first-order valence-electron chi connectivity index (χ1n) is 4.46. The minimum Gasteiger partial charge on any atom is -0.505 e. The predicted molar refractivity (Wildman–Crippen MR) is 50.2 cm³/mol. The Morgan fingerprint density at radius 3 is 2.12 bits per heavy atom. The molecule has 0 aliphatic heterocycles. The lowest BCUT2D eigenvalue weighted by molar-refractivity contribution is -0.141. The van der Waals surface area contributed by atoms with Crippen molar-refractivity contribution in [1.29, 1.82) is 0 Å². The molecule has 1 aromatic rings. The van der Waals surface area contributed by atoms with Gasteiger partial charge < -0.3 is 15.3 Å². The number of hydrogen-bond acceptors (Lipinski definition) is 3. The molecule has 0 saturated carbocycles. The van der Waals surface area contributed by atoms with E-state index in [0.717, 1.165) is 0 Å². The van der Waals surface area contributed by atoms with Crippen LogP contribution in [0, 0.1) is 17.6 Å². The van der Waals surface area contributed by atoms with Crippen LogP contribution in [0.3, 0.4) is 0 Å². The molecule has 4 nitrogen and oxygen atoms in total. The molecule has 1 aromatic carbocycles. The van der Waals surface area contributed by atoms with Crippen LogP contribution in [-0.4, -0.2) is 21.3 Å². The average molecular weight is 232 g/mol. The summed E-state index contributed by atoms with van der Waals surface area (Å²) in [6.45, 7) is 1.27. The fourth-order valence-electron chi connectivity index (χ4n) is 1.23. The molecule has 0 bridgehead atoms. The van der Waals surface area contributed by atoms with Gasteiger partial charge in [0.2, 0.25) is 0 Å². The summed E-state index contributed by atoms with van der Waals surface area (Å²) in [6, 6.07) is 0.527. The number of benzene rings is 1. The molecule has 0 radical (unpaired) electrons. The van der Waals surface area contributed by atoms with Crippen LogP contribution in [0.5, 0.6) is 11.5 Å². The molecule has 0 heterocycles. The Balaban J connectivity index is 3.17. The highest BCUT2D eigenvalue weighted by atomic mass is 19.1. The lowest BCUT2D eigenvalue weighted by atomic mass is 9.99. The highest BCUT2D eigenvalue weighted by molar-refractivity contribution is 5.70. The number of carboxylic acid groups (broad SMARTS) is 1. The zero-order valence-electron chi connectivity index (χ0n) is 8.37. The van der Waals surface area contributed by atoms with E-state index in [0.29, 0.717) is 6.07 Å². The summed E-state index contributed by atoms with van der Waals surface area (Å²) >= 11 is 0. The minimum absolute atomic E-state index is 0.449. The molecule has 0 spiro atoms. The first kappa shape index (κ1) is 12.2. The van der Waals surface area contributed by atoms with Crippen molar-refractivity contribution in [1.82, 2.24) is 0 Å². The molecule has 1 atom stereocenters. The van der Waals surface area contributed by atoms with Gasteiger partial charge in [0.25, 0.3) is 0 Å². The number of phenolic OH excluding ortho intramolecular Hbond substituents is 2. The van der Waals surface area contributed by atoms with Gasteiger partial charge >= 0.3 is 5.97 Å². The van der Waals surface area contributed by atoms with E-state index in [-0.39, 0.29) is 0 Å². The van der Waals surface area contributed by atoms with E-state index in [1.807, 2.05) is 0 Å². The maximum atomic E-state index is 13.3. The standard InChI is InChI=1S/C10H10F2O4/c1-4(10(15)16)2-5-8(11)6(13)3-7(14)9(5)12/h3-4,13-14H,2H2,1H3,(H,15,16). The maximum Gasteiger partial charge on any atom is 0.306 e. The number of rotatable bonds is 3. The topological polar surface area (TPSA) is 77.8 Å². The van der Waals surface area contributed by atoms with Crippen LogP contribution in [0.4, 0.5) is 8.78 Å². The van der Waals surface area contributed by atoms with E-state index in [1.54, 1.807) is 0 Å². The van der Waals surface area contributed by atoms with E-state index in [9.17, 15) is 13.6 Å². The number of hydrogen-bond donors (Lipinski definition) is 3. The fraction of sp³-hybridized carbons (Fsp3) is 0.300. The molecule has 1 rings (SSSR count). The van der Waals surface area contributed by atoms with E-state index < -0.39 is 47.0 Å². The Morgan fingerprint density at radius 2 is 1.75 bits per heavy atom. The molecule has 0 aliphatic carbocycles. The molecule has 0 aliphatic rings. The summed E-state index contributed by atoms with van der Waals surface area (Å²) in [7, 11) is 0. The molecular formula is C10H10F2O4. The van der Waals surface area contributed by atoms with Crippen LogP contribution in [0.2, 0.25) is 0 Å². The maximum absolute atomic E-state index is 13.3. The lowest BCUT2D eigenvalue weighted by Crippen LogP contribution is -2.14. The van der Waals surface area contributed by atoms with E-state index in [2.05, 4.69) is 0 Å². The smallest absolute Gasteiger partial charge is 0.306 e. The summed E-state index contributed by atoms with van der Waals surface area (Å²) < 4.78 is 26.5. The molecule has 0 amide bonds. The Morgan fingerprint density at radius 1 is 1.31 bits per heavy atom. The zero-order valence-corrected chi connectivity index (χ0v) is 8.37. The summed E-state index contributed by atoms with van der Waals surface area (Å²) in [4.78, 5) is 10.5. The Bertz CT molecular complexity index is 405. The number of halogens is 2. The van der Waals surface area contributed by atoms with Gasteiger partial charge in [-0.3, -0.25) is 4.79 Å². The van der Waals surface area contributed by atoms with Crippen LogP contribution < -0.4 is 0 Å². The van der Waals surface area contributed by atoms with Crippen LogP contribution in [-0.2, 0) is 11.2 Å². The van der Waals surface area contributed by atoms with Gasteiger partial charge in [-0.1, -0.05) is 6.92 Å². The number of phenols is 2. The fourth-order valence-corrected chi connectivity index (χ4v) is 1.23. The van der Waals surface area contributed by atoms with Gasteiger partial charge in [-0.05, 0) is 6.42 Å². The number of carbonyl (C=O) groups is 1. The molecule has 0 aromatic heterocycles. The molecule has 1 unspecified atom stereocenters. The molecule has 0 fully saturated rings. The van der Waals surface area contributed by atoms with E-state index in [1.165, 1.54) is 6.92 Å². The van der Waals surface area contributed by atoms with Crippen molar-refractivity contribution in [2.45, 2.75) is 13.3 Å². The first-order chi connectivity index (χ1) is 7.34. The van der Waals surface area contributed by atoms with Gasteiger partial charge in [-0.15, -0.1) is 0 Å². The van der Waals surface area contributed by atoms with Gasteiger partial charge in [0.05, 0.1) is 5.92 Å². The SMILES string of the molecule is CC(Cc1c(F)c(O)cc(O)c1F)C(=O)O. The Hall–Kier alpha value is -1.85. The van der Waals surface area contributed by atoms with Gasteiger partial charge in [0, 0.05) is 11.6 Å². The van der Waals surface area contributed by atoms with Gasteiger partial charge in [-0.2, -0.15) is 0 Å². The largest absolute Gasteiger partial charge is 0.505 e. The summed E-state index contributed by atoms with van der Waals surface area (Å²) in [5, 5.41) is 26.6. The molecule has 3 N–H and O–H groups in total. The van der Waals surface area contributed by atoms with Gasteiger partial charge in [0.15, 0.2) is 23.1 Å². The van der Waals surface area contributed by atoms with Crippen LogP contribution >= 0.6 is 0 Å². The highest BCUT2D eigenvalue weighted by Gasteiger charge is 2.22. The third kappa shape index (κ3) is 2.21. The van der Waals surface area contributed by atoms with Crippen molar-refractivity contribution in [3.8, 4) is 11.5 Å². The third-order valence-electron chi connectivity index (χ3n) is 2.18. The predicted octanol–water partition coefficient (Wildman–Crippen LogP) is 1.64. The highest BCUT2D eigenvalue weighted by Crippen LogP contribution is 2.31. The van der Waals surface area contributed by atoms with Crippen molar-refractivity contribution in [2.75, 3.05) is 0 Å². The molecule has 0 saturated heterocycles. The third-order valence-corrected chi connectivity index (χ3v) is 2.18. The van der Waals surface area contributed by atoms with Crippen LogP contribution in [0.25, 0.3) is 0 Å². The van der Waals surface area contributed by atoms with E-state index in [4.69, 9.17) is 15.3 Å². The summed E-state index contributed by atoms with van der Waals surface area (Å²) in [5.74, 6) is -6.56. The van der Waals surface area contributed by atoms with Crippen molar-refractivity contribution in [3.63, 3.8) is 0 Å². The lowest BCUT2D eigenvalue weighted by Gasteiger charge is -2.10. The van der Waals surface area contributed by atoms with Crippen molar-refractivity contribution in [3.05, 3.63) is 23.3 Å². The minimum atomic E-state index is -1.25. The zero-order chi connectivity index (χ0) is 12.5. The van der Waals surface area contributed by atoms with Crippen molar-refractivity contribution < 1.29 is 28.9 Å². The molecular weight excluding hydrogens is 222 g/mol. The molecule has 88 valence electrons. The summed E-state index contributed by atoms with van der Waals surface area (Å²) in [6.07, 6.45) is -0.449. The first-order valence-corrected chi connectivity index (χ1v) is 4.46. The second kappa shape index (κ2) is 4.34. The van der Waals surface area contributed by atoms with Crippen molar-refractivity contribution >= 4 is 5.97 Å². The number of aliphatic carboxylic acids is 1. The van der Waals surface area contributed by atoms with Gasteiger partial charge in [-0.25, -0.2) is 8.78 Å². The van der Waals surface area contributed by atoms with E-state index >= 15 is 0 Å². The summed E-state index contributed by atoms with van der Waals surface area (Å²) in [5.41, 5.74) is -0.632. The van der Waals surface area contributed by atoms with Gasteiger partial charge in [0.1, 0.15) is 0 Å². The second-order valence-electron chi connectivity index (χ2n) is 3.46. The molecule has 16 heavy (non-hydrogen) atoms. The van der Waals surface area contributed by atoms with Crippen molar-refractivity contribution in [2.24, 2.45) is 5.92 Å². The Labute approximate surface area is 89.8 Å². The Kier molecular flexibility index (Phi) is 3.31. The number of aromatic hydroxyl groups is 2. The van der Waals surface area contributed by atoms with Crippen LogP contribution in [0.15, 0.2) is 6.07 Å². The second-order valence-corrected chi connectivity index (χ2v) is 3.46. The normalized spacial score (nSPS) is 12.4. The number of carboxylic acids is 1. The van der Waals surface area contributed by atoms with Crippen LogP contribution in [0.1, 0.15) is 12.5 Å². The average Bonchev–Trinajstić information content (AvgIpc) is 2.21.